The molecule has 0 saturated carbocycles. The SMILES string of the molecule is CCOc1ccc(Cl)c(/C(O)=C2\C(=O)C(=O)N(Cc3cccs3)C2c2ccncc2)c1. The van der Waals surface area contributed by atoms with Crippen LogP contribution in [0.3, 0.4) is 0 Å². The highest BCUT2D eigenvalue weighted by Crippen LogP contribution is 2.41. The Morgan fingerprint density at radius 2 is 2.00 bits per heavy atom. The van der Waals surface area contributed by atoms with Gasteiger partial charge in [0.1, 0.15) is 11.5 Å². The lowest BCUT2D eigenvalue weighted by molar-refractivity contribution is -0.140. The first kappa shape index (κ1) is 21.1. The molecule has 2 aromatic heterocycles. The van der Waals surface area contributed by atoms with Gasteiger partial charge in [-0.2, -0.15) is 0 Å². The average Bonchev–Trinajstić information content (AvgIpc) is 3.38. The minimum absolute atomic E-state index is 0.0108. The van der Waals surface area contributed by atoms with Crippen LogP contribution in [0.15, 0.2) is 65.8 Å². The molecule has 1 aromatic carbocycles. The zero-order valence-electron chi connectivity index (χ0n) is 16.6. The Labute approximate surface area is 188 Å². The standard InChI is InChI=1S/C23H19ClN2O4S/c1-2-30-15-5-6-18(24)17(12-15)21(27)19-20(14-7-9-25-10-8-14)26(23(29)22(19)28)13-16-4-3-11-31-16/h3-12,20,27H,2,13H2,1H3/b21-19+. The van der Waals surface area contributed by atoms with Crippen LogP contribution in [0.2, 0.25) is 5.02 Å². The van der Waals surface area contributed by atoms with Crippen LogP contribution in [0.25, 0.3) is 5.76 Å². The normalized spacial score (nSPS) is 17.9. The molecule has 4 rings (SSSR count). The number of aliphatic hydroxyl groups excluding tert-OH is 1. The van der Waals surface area contributed by atoms with E-state index in [4.69, 9.17) is 16.3 Å². The highest BCUT2D eigenvalue weighted by Gasteiger charge is 2.46. The van der Waals surface area contributed by atoms with E-state index < -0.39 is 17.7 Å². The maximum atomic E-state index is 13.1. The Hall–Kier alpha value is -3.16. The Bertz CT molecular complexity index is 1150. The molecule has 6 nitrogen and oxygen atoms in total. The van der Waals surface area contributed by atoms with E-state index in [9.17, 15) is 14.7 Å². The molecule has 0 radical (unpaired) electrons. The van der Waals surface area contributed by atoms with Crippen molar-refractivity contribution in [2.24, 2.45) is 0 Å². The number of aromatic nitrogens is 1. The second-order valence-electron chi connectivity index (χ2n) is 6.86. The van der Waals surface area contributed by atoms with Crippen molar-refractivity contribution in [2.45, 2.75) is 19.5 Å². The number of carbonyl (C=O) groups is 2. The highest BCUT2D eigenvalue weighted by atomic mass is 35.5. The number of thiophene rings is 1. The zero-order valence-corrected chi connectivity index (χ0v) is 18.2. The van der Waals surface area contributed by atoms with E-state index in [0.717, 1.165) is 4.88 Å². The lowest BCUT2D eigenvalue weighted by atomic mass is 9.96. The third-order valence-electron chi connectivity index (χ3n) is 4.97. The topological polar surface area (TPSA) is 79.7 Å². The lowest BCUT2D eigenvalue weighted by Gasteiger charge is -2.24. The van der Waals surface area contributed by atoms with E-state index in [0.29, 0.717) is 17.9 Å². The first-order valence-corrected chi connectivity index (χ1v) is 10.9. The quantitative estimate of drug-likeness (QED) is 0.328. The summed E-state index contributed by atoms with van der Waals surface area (Å²) in [6, 6.07) is 11.3. The summed E-state index contributed by atoms with van der Waals surface area (Å²) in [5.74, 6) is -1.26. The summed E-state index contributed by atoms with van der Waals surface area (Å²) in [7, 11) is 0. The monoisotopic (exact) mass is 454 g/mol. The Morgan fingerprint density at radius 3 is 2.68 bits per heavy atom. The van der Waals surface area contributed by atoms with Crippen molar-refractivity contribution >= 4 is 40.4 Å². The number of hydrogen-bond acceptors (Lipinski definition) is 6. The van der Waals surface area contributed by atoms with Gasteiger partial charge in [-0.15, -0.1) is 11.3 Å². The van der Waals surface area contributed by atoms with Crippen molar-refractivity contribution in [3.05, 3.63) is 86.8 Å². The van der Waals surface area contributed by atoms with E-state index in [1.165, 1.54) is 16.2 Å². The van der Waals surface area contributed by atoms with Gasteiger partial charge in [-0.1, -0.05) is 17.7 Å². The van der Waals surface area contributed by atoms with Crippen molar-refractivity contribution in [3.63, 3.8) is 0 Å². The number of halogens is 1. The average molecular weight is 455 g/mol. The van der Waals surface area contributed by atoms with Crippen LogP contribution in [-0.2, 0) is 16.1 Å². The Morgan fingerprint density at radius 1 is 1.23 bits per heavy atom. The molecule has 0 spiro atoms. The molecule has 1 aliphatic heterocycles. The number of rotatable bonds is 6. The van der Waals surface area contributed by atoms with Crippen LogP contribution in [-0.4, -0.2) is 33.3 Å². The summed E-state index contributed by atoms with van der Waals surface area (Å²) < 4.78 is 5.50. The summed E-state index contributed by atoms with van der Waals surface area (Å²) in [5, 5.41) is 13.3. The molecule has 3 heterocycles. The molecule has 1 unspecified atom stereocenters. The van der Waals surface area contributed by atoms with Crippen LogP contribution < -0.4 is 4.74 Å². The highest BCUT2D eigenvalue weighted by molar-refractivity contribution is 7.09. The van der Waals surface area contributed by atoms with Crippen molar-refractivity contribution < 1.29 is 19.4 Å². The van der Waals surface area contributed by atoms with Gasteiger partial charge >= 0.3 is 0 Å². The second-order valence-corrected chi connectivity index (χ2v) is 8.30. The number of carbonyl (C=O) groups excluding carboxylic acids is 2. The van der Waals surface area contributed by atoms with Crippen molar-refractivity contribution in [2.75, 3.05) is 6.61 Å². The number of likely N-dealkylation sites (tertiary alicyclic amines) is 1. The number of pyridine rings is 1. The molecule has 158 valence electrons. The van der Waals surface area contributed by atoms with Crippen LogP contribution >= 0.6 is 22.9 Å². The van der Waals surface area contributed by atoms with Crippen molar-refractivity contribution in [1.82, 2.24) is 9.88 Å². The maximum absolute atomic E-state index is 13.1. The second kappa shape index (κ2) is 8.91. The number of ketones is 1. The van der Waals surface area contributed by atoms with Crippen LogP contribution in [0.4, 0.5) is 0 Å². The summed E-state index contributed by atoms with van der Waals surface area (Å²) in [4.78, 5) is 32.5. The largest absolute Gasteiger partial charge is 0.507 e. The van der Waals surface area contributed by atoms with Gasteiger partial charge in [0.2, 0.25) is 0 Å². The van der Waals surface area contributed by atoms with E-state index in [-0.39, 0.29) is 28.5 Å². The first-order valence-electron chi connectivity index (χ1n) is 9.64. The molecule has 1 saturated heterocycles. The third-order valence-corrected chi connectivity index (χ3v) is 6.16. The Kier molecular flexibility index (Phi) is 6.06. The summed E-state index contributed by atoms with van der Waals surface area (Å²) in [5.41, 5.74) is 0.897. The van der Waals surface area contributed by atoms with E-state index in [1.807, 2.05) is 24.4 Å². The number of nitrogens with zero attached hydrogens (tertiary/aromatic N) is 2. The molecule has 0 bridgehead atoms. The molecular formula is C23H19ClN2O4S. The first-order chi connectivity index (χ1) is 15.0. The van der Waals surface area contributed by atoms with E-state index in [2.05, 4.69) is 4.98 Å². The van der Waals surface area contributed by atoms with Gasteiger partial charge in [-0.25, -0.2) is 0 Å². The molecule has 1 atom stereocenters. The summed E-state index contributed by atoms with van der Waals surface area (Å²) in [6.45, 7) is 2.52. The van der Waals surface area contributed by atoms with Crippen molar-refractivity contribution in [1.29, 1.82) is 0 Å². The number of ether oxygens (including phenoxy) is 1. The van der Waals surface area contributed by atoms with Gasteiger partial charge < -0.3 is 14.7 Å². The van der Waals surface area contributed by atoms with Gasteiger partial charge in [-0.05, 0) is 54.3 Å². The van der Waals surface area contributed by atoms with Gasteiger partial charge in [-0.3, -0.25) is 14.6 Å². The number of Topliss-reactive ketones (excluding diaryl/α,β-unsaturated/α-hetero) is 1. The van der Waals surface area contributed by atoms with Crippen LogP contribution in [0.5, 0.6) is 5.75 Å². The summed E-state index contributed by atoms with van der Waals surface area (Å²) in [6.07, 6.45) is 3.17. The van der Waals surface area contributed by atoms with Gasteiger partial charge in [0.05, 0.1) is 29.8 Å². The minimum atomic E-state index is -0.767. The molecule has 1 aliphatic rings. The van der Waals surface area contributed by atoms with Crippen LogP contribution in [0.1, 0.15) is 29.0 Å². The summed E-state index contributed by atoms with van der Waals surface area (Å²) >= 11 is 7.82. The van der Waals surface area contributed by atoms with E-state index in [1.54, 1.807) is 42.7 Å². The number of aliphatic hydroxyl groups is 1. The fraction of sp³-hybridized carbons (Fsp3) is 0.174. The zero-order chi connectivity index (χ0) is 22.0. The lowest BCUT2D eigenvalue weighted by Crippen LogP contribution is -2.28. The molecule has 3 aromatic rings. The molecule has 0 aliphatic carbocycles. The van der Waals surface area contributed by atoms with Gasteiger partial charge in [0, 0.05) is 22.8 Å². The minimum Gasteiger partial charge on any atom is -0.507 e. The molecular weight excluding hydrogens is 436 g/mol. The number of amides is 1. The molecule has 1 amide bonds. The predicted octanol–water partition coefficient (Wildman–Crippen LogP) is 4.82. The predicted molar refractivity (Wildman–Crippen MR) is 119 cm³/mol. The molecule has 1 fully saturated rings. The van der Waals surface area contributed by atoms with Crippen LogP contribution in [0, 0.1) is 0 Å². The smallest absolute Gasteiger partial charge is 0.295 e. The fourth-order valence-electron chi connectivity index (χ4n) is 3.59. The van der Waals surface area contributed by atoms with Gasteiger partial charge in [0.15, 0.2) is 0 Å². The Balaban J connectivity index is 1.87. The van der Waals surface area contributed by atoms with Crippen molar-refractivity contribution in [3.8, 4) is 5.75 Å². The number of benzene rings is 1. The van der Waals surface area contributed by atoms with Gasteiger partial charge in [0.25, 0.3) is 11.7 Å². The fourth-order valence-corrected chi connectivity index (χ4v) is 4.50. The molecule has 31 heavy (non-hydrogen) atoms. The van der Waals surface area contributed by atoms with E-state index >= 15 is 0 Å². The molecule has 1 N–H and O–H groups in total. The number of hydrogen-bond donors (Lipinski definition) is 1. The molecule has 8 heteroatoms. The maximum Gasteiger partial charge on any atom is 0.295 e. The third kappa shape index (κ3) is 4.06.